The molecule has 1 unspecified atom stereocenters. The van der Waals surface area contributed by atoms with Gasteiger partial charge in [-0.05, 0) is 43.7 Å². The first kappa shape index (κ1) is 10.7. The normalized spacial score (nSPS) is 27.5. The second kappa shape index (κ2) is 4.00. The molecule has 1 heterocycles. The number of carbonyl (C=O) groups is 1. The fourth-order valence-electron chi connectivity index (χ4n) is 2.63. The van der Waals surface area contributed by atoms with Crippen molar-refractivity contribution in [2.45, 2.75) is 19.3 Å². The Balaban J connectivity index is 1.72. The Bertz CT molecular complexity index is 246. The molecule has 1 atom stereocenters. The number of urea groups is 1. The van der Waals surface area contributed by atoms with Gasteiger partial charge in [0.2, 0.25) is 0 Å². The first-order valence-corrected chi connectivity index (χ1v) is 5.80. The van der Waals surface area contributed by atoms with Crippen LogP contribution in [0.2, 0.25) is 0 Å². The molecular weight excluding hydrogens is 190 g/mol. The summed E-state index contributed by atoms with van der Waals surface area (Å²) in [6, 6.07) is 0.0333. The predicted octanol–water partition coefficient (Wildman–Crippen LogP) is 0.647. The van der Waals surface area contributed by atoms with E-state index in [2.05, 4.69) is 10.6 Å². The van der Waals surface area contributed by atoms with Crippen LogP contribution in [0.3, 0.4) is 0 Å². The van der Waals surface area contributed by atoms with Crippen LogP contribution in [-0.2, 0) is 0 Å². The van der Waals surface area contributed by atoms with E-state index in [9.17, 15) is 4.79 Å². The molecule has 0 aromatic rings. The Morgan fingerprint density at radius 1 is 1.47 bits per heavy atom. The van der Waals surface area contributed by atoms with E-state index in [4.69, 9.17) is 0 Å². The average molecular weight is 211 g/mol. The van der Waals surface area contributed by atoms with Crippen LogP contribution in [0.5, 0.6) is 0 Å². The van der Waals surface area contributed by atoms with Crippen molar-refractivity contribution >= 4 is 6.03 Å². The maximum absolute atomic E-state index is 11.3. The number of rotatable bonds is 2. The monoisotopic (exact) mass is 211 g/mol. The molecule has 2 fully saturated rings. The first-order valence-electron chi connectivity index (χ1n) is 5.80. The van der Waals surface area contributed by atoms with E-state index in [0.717, 1.165) is 25.6 Å². The van der Waals surface area contributed by atoms with Crippen LogP contribution in [0.1, 0.15) is 19.3 Å². The van der Waals surface area contributed by atoms with Crippen LogP contribution >= 0.6 is 0 Å². The first-order chi connectivity index (χ1) is 7.14. The van der Waals surface area contributed by atoms with E-state index in [1.165, 1.54) is 19.3 Å². The smallest absolute Gasteiger partial charge is 0.316 e. The van der Waals surface area contributed by atoms with Crippen molar-refractivity contribution in [3.05, 3.63) is 0 Å². The molecule has 0 aromatic carbocycles. The highest BCUT2D eigenvalue weighted by molar-refractivity contribution is 5.73. The van der Waals surface area contributed by atoms with E-state index in [0.29, 0.717) is 5.41 Å². The topological polar surface area (TPSA) is 44.4 Å². The molecule has 4 nitrogen and oxygen atoms in total. The van der Waals surface area contributed by atoms with Gasteiger partial charge in [-0.15, -0.1) is 0 Å². The molecule has 1 aliphatic heterocycles. The average Bonchev–Trinajstić information content (AvgIpc) is 2.88. The maximum Gasteiger partial charge on any atom is 0.316 e. The minimum atomic E-state index is 0.0333. The lowest BCUT2D eigenvalue weighted by Crippen LogP contribution is -2.37. The fourth-order valence-corrected chi connectivity index (χ4v) is 2.63. The van der Waals surface area contributed by atoms with Gasteiger partial charge in [0.05, 0.1) is 0 Å². The highest BCUT2D eigenvalue weighted by atomic mass is 16.2. The summed E-state index contributed by atoms with van der Waals surface area (Å²) < 4.78 is 0. The highest BCUT2D eigenvalue weighted by Crippen LogP contribution is 2.58. The number of carbonyl (C=O) groups excluding carboxylic acids is 1. The molecule has 1 spiro atoms. The summed E-state index contributed by atoms with van der Waals surface area (Å²) in [6.45, 7) is 3.16. The van der Waals surface area contributed by atoms with Gasteiger partial charge in [0, 0.05) is 20.6 Å². The second-order valence-corrected chi connectivity index (χ2v) is 5.09. The van der Waals surface area contributed by atoms with E-state index in [-0.39, 0.29) is 6.03 Å². The van der Waals surface area contributed by atoms with Gasteiger partial charge in [0.1, 0.15) is 0 Å². The van der Waals surface area contributed by atoms with E-state index >= 15 is 0 Å². The Morgan fingerprint density at radius 2 is 2.13 bits per heavy atom. The third-order valence-corrected chi connectivity index (χ3v) is 3.86. The summed E-state index contributed by atoms with van der Waals surface area (Å²) in [5.74, 6) is 0.725. The third kappa shape index (κ3) is 2.25. The van der Waals surface area contributed by atoms with E-state index < -0.39 is 0 Å². The van der Waals surface area contributed by atoms with Crippen molar-refractivity contribution in [2.24, 2.45) is 11.3 Å². The minimum absolute atomic E-state index is 0.0333. The second-order valence-electron chi connectivity index (χ2n) is 5.09. The van der Waals surface area contributed by atoms with Crippen molar-refractivity contribution in [1.29, 1.82) is 0 Å². The summed E-state index contributed by atoms with van der Waals surface area (Å²) >= 11 is 0. The number of amides is 2. The van der Waals surface area contributed by atoms with Crippen molar-refractivity contribution in [2.75, 3.05) is 33.7 Å². The SMILES string of the molecule is CN(C)C(=O)NCC1CC12CCNCC2. The van der Waals surface area contributed by atoms with Gasteiger partial charge in [-0.1, -0.05) is 0 Å². The van der Waals surface area contributed by atoms with Gasteiger partial charge in [0.15, 0.2) is 0 Å². The van der Waals surface area contributed by atoms with Crippen LogP contribution in [0.15, 0.2) is 0 Å². The third-order valence-electron chi connectivity index (χ3n) is 3.86. The molecule has 0 radical (unpaired) electrons. The van der Waals surface area contributed by atoms with Crippen molar-refractivity contribution < 1.29 is 4.79 Å². The predicted molar refractivity (Wildman–Crippen MR) is 59.7 cm³/mol. The quantitative estimate of drug-likeness (QED) is 0.704. The van der Waals surface area contributed by atoms with Crippen molar-refractivity contribution in [3.63, 3.8) is 0 Å². The summed E-state index contributed by atoms with van der Waals surface area (Å²) in [5, 5.41) is 6.37. The van der Waals surface area contributed by atoms with Gasteiger partial charge >= 0.3 is 6.03 Å². The molecule has 4 heteroatoms. The van der Waals surface area contributed by atoms with Crippen molar-refractivity contribution in [3.8, 4) is 0 Å². The van der Waals surface area contributed by atoms with Gasteiger partial charge in [-0.2, -0.15) is 0 Å². The number of nitrogens with zero attached hydrogens (tertiary/aromatic N) is 1. The Labute approximate surface area is 91.4 Å². The van der Waals surface area contributed by atoms with Gasteiger partial charge in [0.25, 0.3) is 0 Å². The molecule has 0 bridgehead atoms. The van der Waals surface area contributed by atoms with Crippen molar-refractivity contribution in [1.82, 2.24) is 15.5 Å². The summed E-state index contributed by atoms with van der Waals surface area (Å²) in [4.78, 5) is 12.9. The minimum Gasteiger partial charge on any atom is -0.338 e. The lowest BCUT2D eigenvalue weighted by atomic mass is 9.92. The zero-order valence-corrected chi connectivity index (χ0v) is 9.68. The Hall–Kier alpha value is -0.770. The Kier molecular flexibility index (Phi) is 2.87. The summed E-state index contributed by atoms with van der Waals surface area (Å²) in [6.07, 6.45) is 3.88. The molecule has 15 heavy (non-hydrogen) atoms. The number of hydrogen-bond acceptors (Lipinski definition) is 2. The molecule has 2 amide bonds. The number of hydrogen-bond donors (Lipinski definition) is 2. The van der Waals surface area contributed by atoms with E-state index in [1.807, 2.05) is 0 Å². The van der Waals surface area contributed by atoms with Crippen LogP contribution in [0.4, 0.5) is 4.79 Å². The Morgan fingerprint density at radius 3 is 2.73 bits per heavy atom. The van der Waals surface area contributed by atoms with Crippen LogP contribution < -0.4 is 10.6 Å². The van der Waals surface area contributed by atoms with Crippen LogP contribution in [0.25, 0.3) is 0 Å². The molecule has 1 saturated carbocycles. The zero-order valence-electron chi connectivity index (χ0n) is 9.68. The molecule has 2 rings (SSSR count). The standard InChI is InChI=1S/C11H21N3O/c1-14(2)10(15)13-8-9-7-11(9)3-5-12-6-4-11/h9,12H,3-8H2,1-2H3,(H,13,15). The summed E-state index contributed by atoms with van der Waals surface area (Å²) in [7, 11) is 3.56. The molecule has 0 aromatic heterocycles. The van der Waals surface area contributed by atoms with Gasteiger partial charge in [-0.25, -0.2) is 4.79 Å². The molecule has 1 saturated heterocycles. The van der Waals surface area contributed by atoms with E-state index in [1.54, 1.807) is 19.0 Å². The summed E-state index contributed by atoms with van der Waals surface area (Å²) in [5.41, 5.74) is 0.574. The maximum atomic E-state index is 11.3. The lowest BCUT2D eigenvalue weighted by Gasteiger charge is -2.23. The molecule has 2 aliphatic rings. The highest BCUT2D eigenvalue weighted by Gasteiger charge is 2.53. The lowest BCUT2D eigenvalue weighted by molar-refractivity contribution is 0.215. The number of nitrogens with one attached hydrogen (secondary N) is 2. The zero-order chi connectivity index (χ0) is 10.9. The van der Waals surface area contributed by atoms with Gasteiger partial charge in [-0.3, -0.25) is 0 Å². The van der Waals surface area contributed by atoms with Crippen LogP contribution in [-0.4, -0.2) is 44.7 Å². The van der Waals surface area contributed by atoms with Crippen LogP contribution in [0, 0.1) is 11.3 Å². The van der Waals surface area contributed by atoms with Gasteiger partial charge < -0.3 is 15.5 Å². The molecule has 2 N–H and O–H groups in total. The molecule has 86 valence electrons. The largest absolute Gasteiger partial charge is 0.338 e. The fraction of sp³-hybridized carbons (Fsp3) is 0.909. The molecule has 1 aliphatic carbocycles. The number of piperidine rings is 1. The molecular formula is C11H21N3O.